The number of aldehydes is 1. The second-order valence-corrected chi connectivity index (χ2v) is 2.55. The first-order valence-corrected chi connectivity index (χ1v) is 3.53. The predicted molar refractivity (Wildman–Crippen MR) is 42.1 cm³/mol. The summed E-state index contributed by atoms with van der Waals surface area (Å²) in [4.78, 5) is 23.3. The third-order valence-corrected chi connectivity index (χ3v) is 1.73. The van der Waals surface area contributed by atoms with Crippen LogP contribution in [0.5, 0.6) is 0 Å². The van der Waals surface area contributed by atoms with E-state index in [1.54, 1.807) is 0 Å². The summed E-state index contributed by atoms with van der Waals surface area (Å²) < 4.78 is 24.5. The Kier molecular flexibility index (Phi) is 2.55. The van der Waals surface area contributed by atoms with Crippen molar-refractivity contribution >= 4 is 6.29 Å². The molecular weight excluding hydrogens is 180 g/mol. The number of rotatable bonds is 2. The Bertz CT molecular complexity index is 384. The van der Waals surface area contributed by atoms with Crippen molar-refractivity contribution in [1.82, 2.24) is 4.98 Å². The smallest absolute Gasteiger partial charge is 0.264 e. The van der Waals surface area contributed by atoms with Gasteiger partial charge in [0.2, 0.25) is 5.56 Å². The molecule has 0 atom stereocenters. The lowest BCUT2D eigenvalue weighted by molar-refractivity contribution is 0.111. The van der Waals surface area contributed by atoms with Crippen LogP contribution in [-0.4, -0.2) is 11.3 Å². The molecule has 1 heterocycles. The van der Waals surface area contributed by atoms with Gasteiger partial charge >= 0.3 is 0 Å². The fourth-order valence-electron chi connectivity index (χ4n) is 1.01. The summed E-state index contributed by atoms with van der Waals surface area (Å²) in [7, 11) is 0. The molecule has 0 amide bonds. The predicted octanol–water partition coefficient (Wildman–Crippen LogP) is 1.43. The van der Waals surface area contributed by atoms with Crippen LogP contribution >= 0.6 is 0 Å². The van der Waals surface area contributed by atoms with Gasteiger partial charge in [-0.25, -0.2) is 8.78 Å². The minimum atomic E-state index is -2.74. The summed E-state index contributed by atoms with van der Waals surface area (Å²) in [5.74, 6) is 0. The maximum Gasteiger partial charge on any atom is 0.264 e. The van der Waals surface area contributed by atoms with Crippen LogP contribution in [0.15, 0.2) is 10.9 Å². The number of carbonyl (C=O) groups excluding carboxylic acids is 1. The number of hydrogen-bond acceptors (Lipinski definition) is 2. The summed E-state index contributed by atoms with van der Waals surface area (Å²) in [5.41, 5.74) is -1.07. The molecule has 1 aromatic heterocycles. The molecule has 1 aromatic rings. The van der Waals surface area contributed by atoms with Gasteiger partial charge in [0.1, 0.15) is 0 Å². The number of aromatic amines is 1. The molecule has 0 aliphatic heterocycles. The minimum absolute atomic E-state index is 0.0946. The lowest BCUT2D eigenvalue weighted by Crippen LogP contribution is -2.12. The highest BCUT2D eigenvalue weighted by atomic mass is 19.3. The minimum Gasteiger partial charge on any atom is -0.319 e. The van der Waals surface area contributed by atoms with Gasteiger partial charge in [-0.15, -0.1) is 0 Å². The lowest BCUT2D eigenvalue weighted by atomic mass is 10.1. The number of carbonyl (C=O) groups is 1. The first-order valence-electron chi connectivity index (χ1n) is 3.53. The van der Waals surface area contributed by atoms with Crippen LogP contribution in [0, 0.1) is 6.92 Å². The number of alkyl halides is 2. The highest BCUT2D eigenvalue weighted by Crippen LogP contribution is 2.21. The van der Waals surface area contributed by atoms with Crippen molar-refractivity contribution in [3.05, 3.63) is 33.2 Å². The molecule has 0 saturated heterocycles. The first kappa shape index (κ1) is 9.57. The Morgan fingerprint density at radius 2 is 2.15 bits per heavy atom. The molecule has 1 rings (SSSR count). The fourth-order valence-corrected chi connectivity index (χ4v) is 1.01. The van der Waals surface area contributed by atoms with Crippen LogP contribution in [0.4, 0.5) is 8.78 Å². The first-order chi connectivity index (χ1) is 6.06. The highest BCUT2D eigenvalue weighted by Gasteiger charge is 2.14. The third kappa shape index (κ3) is 1.80. The van der Waals surface area contributed by atoms with Gasteiger partial charge in [-0.2, -0.15) is 0 Å². The molecule has 0 unspecified atom stereocenters. The third-order valence-electron chi connectivity index (χ3n) is 1.73. The summed E-state index contributed by atoms with van der Waals surface area (Å²) in [5, 5.41) is 0. The fraction of sp³-hybridized carbons (Fsp3) is 0.250. The molecule has 0 bridgehead atoms. The van der Waals surface area contributed by atoms with E-state index in [2.05, 4.69) is 4.98 Å². The lowest BCUT2D eigenvalue weighted by Gasteiger charge is -2.04. The molecule has 13 heavy (non-hydrogen) atoms. The Hall–Kier alpha value is -1.52. The van der Waals surface area contributed by atoms with Gasteiger partial charge in [0.25, 0.3) is 6.43 Å². The number of aromatic nitrogens is 1. The summed E-state index contributed by atoms with van der Waals surface area (Å²) in [6.07, 6.45) is -2.39. The molecule has 0 radical (unpaired) electrons. The second-order valence-electron chi connectivity index (χ2n) is 2.55. The van der Waals surface area contributed by atoms with Crippen molar-refractivity contribution in [2.45, 2.75) is 13.3 Å². The molecule has 0 aromatic carbocycles. The molecule has 0 spiro atoms. The van der Waals surface area contributed by atoms with Crippen molar-refractivity contribution in [2.75, 3.05) is 0 Å². The van der Waals surface area contributed by atoms with E-state index in [9.17, 15) is 18.4 Å². The summed E-state index contributed by atoms with van der Waals surface area (Å²) in [6.45, 7) is 1.36. The second kappa shape index (κ2) is 3.47. The SMILES string of the molecule is Cc1c(C(F)F)cc(=O)[nH]c1C=O. The molecule has 0 fully saturated rings. The van der Waals surface area contributed by atoms with Crippen LogP contribution in [-0.2, 0) is 0 Å². The topological polar surface area (TPSA) is 49.9 Å². The van der Waals surface area contributed by atoms with E-state index in [0.717, 1.165) is 6.07 Å². The van der Waals surface area contributed by atoms with Crippen molar-refractivity contribution in [2.24, 2.45) is 0 Å². The van der Waals surface area contributed by atoms with Crippen LogP contribution in [0.25, 0.3) is 0 Å². The molecule has 1 N–H and O–H groups in total. The van der Waals surface area contributed by atoms with Gasteiger partial charge < -0.3 is 4.98 Å². The Balaban J connectivity index is 3.44. The molecular formula is C8H7F2NO2. The largest absolute Gasteiger partial charge is 0.319 e. The zero-order valence-corrected chi connectivity index (χ0v) is 6.80. The molecule has 70 valence electrons. The zero-order valence-electron chi connectivity index (χ0n) is 6.80. The number of hydrogen-bond donors (Lipinski definition) is 1. The van der Waals surface area contributed by atoms with E-state index >= 15 is 0 Å². The average Bonchev–Trinajstić information content (AvgIpc) is 2.08. The standard InChI is InChI=1S/C8H7F2NO2/c1-4-5(8(9)10)2-7(13)11-6(4)3-12/h2-3,8H,1H3,(H,11,13). The van der Waals surface area contributed by atoms with Gasteiger partial charge in [-0.3, -0.25) is 9.59 Å². The van der Waals surface area contributed by atoms with Gasteiger partial charge in [-0.05, 0) is 12.5 Å². The van der Waals surface area contributed by atoms with Crippen molar-refractivity contribution in [3.63, 3.8) is 0 Å². The van der Waals surface area contributed by atoms with Gasteiger partial charge in [0.15, 0.2) is 6.29 Å². The zero-order chi connectivity index (χ0) is 10.0. The average molecular weight is 187 g/mol. The maximum atomic E-state index is 12.3. The van der Waals surface area contributed by atoms with E-state index in [0.29, 0.717) is 6.29 Å². The van der Waals surface area contributed by atoms with E-state index in [4.69, 9.17) is 0 Å². The van der Waals surface area contributed by atoms with E-state index < -0.39 is 17.5 Å². The van der Waals surface area contributed by atoms with Crippen LogP contribution in [0.3, 0.4) is 0 Å². The Morgan fingerprint density at radius 3 is 2.62 bits per heavy atom. The number of nitrogens with one attached hydrogen (secondary N) is 1. The van der Waals surface area contributed by atoms with Crippen LogP contribution in [0.1, 0.15) is 28.0 Å². The molecule has 0 aliphatic carbocycles. The number of pyridine rings is 1. The van der Waals surface area contributed by atoms with Gasteiger partial charge in [0.05, 0.1) is 5.69 Å². The summed E-state index contributed by atoms with van der Waals surface area (Å²) in [6, 6.07) is 0.799. The normalized spacial score (nSPS) is 10.5. The van der Waals surface area contributed by atoms with E-state index in [-0.39, 0.29) is 11.3 Å². The van der Waals surface area contributed by atoms with Crippen molar-refractivity contribution < 1.29 is 13.6 Å². The van der Waals surface area contributed by atoms with Crippen LogP contribution in [0.2, 0.25) is 0 Å². The summed E-state index contributed by atoms with van der Waals surface area (Å²) >= 11 is 0. The van der Waals surface area contributed by atoms with Gasteiger partial charge in [-0.1, -0.05) is 0 Å². The van der Waals surface area contributed by atoms with Crippen molar-refractivity contribution in [3.8, 4) is 0 Å². The highest BCUT2D eigenvalue weighted by molar-refractivity contribution is 5.74. The van der Waals surface area contributed by atoms with E-state index in [1.807, 2.05) is 0 Å². The Labute approximate surface area is 72.4 Å². The van der Waals surface area contributed by atoms with E-state index in [1.165, 1.54) is 6.92 Å². The number of H-pyrrole nitrogens is 1. The molecule has 0 aliphatic rings. The Morgan fingerprint density at radius 1 is 1.54 bits per heavy atom. The molecule has 5 heteroatoms. The van der Waals surface area contributed by atoms with Crippen molar-refractivity contribution in [1.29, 1.82) is 0 Å². The molecule has 3 nitrogen and oxygen atoms in total. The quantitative estimate of drug-likeness (QED) is 0.712. The van der Waals surface area contributed by atoms with Crippen LogP contribution < -0.4 is 5.56 Å². The molecule has 0 saturated carbocycles. The monoisotopic (exact) mass is 187 g/mol. The number of halogens is 2. The maximum absolute atomic E-state index is 12.3. The van der Waals surface area contributed by atoms with Gasteiger partial charge in [0, 0.05) is 11.6 Å².